The number of ether oxygens (including phenoxy) is 1. The van der Waals surface area contributed by atoms with Gasteiger partial charge in [-0.1, -0.05) is 24.3 Å². The topological polar surface area (TPSA) is 64.3 Å². The third-order valence-electron chi connectivity index (χ3n) is 3.51. The molecule has 1 aromatic rings. The number of halogens is 1. The molecule has 22 heavy (non-hydrogen) atoms. The van der Waals surface area contributed by atoms with Crippen molar-refractivity contribution in [2.75, 3.05) is 0 Å². The summed E-state index contributed by atoms with van der Waals surface area (Å²) in [6.45, 7) is 5.43. The second kappa shape index (κ2) is 6.48. The Morgan fingerprint density at radius 3 is 2.64 bits per heavy atom. The zero-order chi connectivity index (χ0) is 16.3. The molecule has 1 aromatic carbocycles. The van der Waals surface area contributed by atoms with Gasteiger partial charge < -0.3 is 15.8 Å². The number of carbonyl (C=O) groups excluding carboxylic acids is 1. The standard InChI is InChI=1S/C17H23FN2O2/c1-17(2,3)22-16(21)20-15-9-8-11(10-14(15)19)12-6-4-5-7-13(12)18/h4-8,14-15H,9-10,19H2,1-3H3,(H,20,21)/t14-,15-/m0/s1. The normalized spacial score (nSPS) is 22.0. The molecule has 0 heterocycles. The van der Waals surface area contributed by atoms with E-state index in [4.69, 9.17) is 10.5 Å². The summed E-state index contributed by atoms with van der Waals surface area (Å²) >= 11 is 0. The Morgan fingerprint density at radius 2 is 2.05 bits per heavy atom. The van der Waals surface area contributed by atoms with Crippen LogP contribution in [0.3, 0.4) is 0 Å². The molecule has 0 aromatic heterocycles. The number of nitrogens with two attached hydrogens (primary N) is 1. The van der Waals surface area contributed by atoms with Crippen LogP contribution in [0.5, 0.6) is 0 Å². The van der Waals surface area contributed by atoms with Crippen LogP contribution in [0.1, 0.15) is 39.2 Å². The molecule has 2 atom stereocenters. The molecule has 120 valence electrons. The molecular formula is C17H23FN2O2. The molecule has 0 bridgehead atoms. The van der Waals surface area contributed by atoms with Crippen molar-refractivity contribution in [3.8, 4) is 0 Å². The van der Waals surface area contributed by atoms with Gasteiger partial charge in [0.1, 0.15) is 11.4 Å². The molecular weight excluding hydrogens is 283 g/mol. The fourth-order valence-electron chi connectivity index (χ4n) is 2.49. The second-order valence-electron chi connectivity index (χ2n) is 6.57. The molecule has 5 heteroatoms. The zero-order valence-electron chi connectivity index (χ0n) is 13.2. The van der Waals surface area contributed by atoms with Gasteiger partial charge in [0.25, 0.3) is 0 Å². The molecule has 0 unspecified atom stereocenters. The van der Waals surface area contributed by atoms with Gasteiger partial charge in [-0.05, 0) is 45.3 Å². The van der Waals surface area contributed by atoms with E-state index in [-0.39, 0.29) is 17.9 Å². The van der Waals surface area contributed by atoms with Crippen LogP contribution in [0.15, 0.2) is 30.3 Å². The van der Waals surface area contributed by atoms with Crippen molar-refractivity contribution in [2.45, 2.75) is 51.3 Å². The van der Waals surface area contributed by atoms with Gasteiger partial charge in [0.2, 0.25) is 0 Å². The van der Waals surface area contributed by atoms with Gasteiger partial charge in [-0.2, -0.15) is 0 Å². The van der Waals surface area contributed by atoms with Crippen molar-refractivity contribution in [3.63, 3.8) is 0 Å². The van der Waals surface area contributed by atoms with Crippen LogP contribution in [-0.2, 0) is 4.74 Å². The summed E-state index contributed by atoms with van der Waals surface area (Å²) in [6.07, 6.45) is 2.53. The first kappa shape index (κ1) is 16.5. The molecule has 0 saturated carbocycles. The summed E-state index contributed by atoms with van der Waals surface area (Å²) in [5.74, 6) is -0.250. The Hall–Kier alpha value is -1.88. The molecule has 0 saturated heterocycles. The van der Waals surface area contributed by atoms with Crippen LogP contribution < -0.4 is 11.1 Å². The van der Waals surface area contributed by atoms with Gasteiger partial charge in [0.05, 0.1) is 6.04 Å². The molecule has 0 fully saturated rings. The molecule has 1 aliphatic rings. The highest BCUT2D eigenvalue weighted by Gasteiger charge is 2.27. The van der Waals surface area contributed by atoms with Crippen molar-refractivity contribution in [1.29, 1.82) is 0 Å². The monoisotopic (exact) mass is 306 g/mol. The van der Waals surface area contributed by atoms with E-state index < -0.39 is 11.7 Å². The number of hydrogen-bond acceptors (Lipinski definition) is 3. The van der Waals surface area contributed by atoms with E-state index in [1.165, 1.54) is 6.07 Å². The number of benzene rings is 1. The molecule has 4 nitrogen and oxygen atoms in total. The number of carbonyl (C=O) groups is 1. The minimum absolute atomic E-state index is 0.203. The quantitative estimate of drug-likeness (QED) is 0.881. The first-order valence-corrected chi connectivity index (χ1v) is 7.45. The SMILES string of the molecule is CC(C)(C)OC(=O)N[C@H]1CC=C(c2ccccc2F)C[C@@H]1N. The van der Waals surface area contributed by atoms with Gasteiger partial charge in [-0.15, -0.1) is 0 Å². The van der Waals surface area contributed by atoms with Crippen LogP contribution in [0, 0.1) is 5.82 Å². The highest BCUT2D eigenvalue weighted by molar-refractivity contribution is 5.70. The van der Waals surface area contributed by atoms with E-state index in [0.717, 1.165) is 5.57 Å². The van der Waals surface area contributed by atoms with E-state index >= 15 is 0 Å². The van der Waals surface area contributed by atoms with E-state index in [1.54, 1.807) is 18.2 Å². The summed E-state index contributed by atoms with van der Waals surface area (Å²) in [5.41, 5.74) is 7.05. The molecule has 2 rings (SSSR count). The van der Waals surface area contributed by atoms with Gasteiger partial charge >= 0.3 is 6.09 Å². The Morgan fingerprint density at radius 1 is 1.36 bits per heavy atom. The predicted molar refractivity (Wildman–Crippen MR) is 84.7 cm³/mol. The van der Waals surface area contributed by atoms with Crippen molar-refractivity contribution in [3.05, 3.63) is 41.7 Å². The smallest absolute Gasteiger partial charge is 0.407 e. The fraction of sp³-hybridized carbons (Fsp3) is 0.471. The largest absolute Gasteiger partial charge is 0.444 e. The minimum Gasteiger partial charge on any atom is -0.444 e. The number of amides is 1. The molecule has 0 radical (unpaired) electrons. The van der Waals surface area contributed by atoms with E-state index in [2.05, 4.69) is 5.32 Å². The number of hydrogen-bond donors (Lipinski definition) is 2. The summed E-state index contributed by atoms with van der Waals surface area (Å²) in [5, 5.41) is 2.79. The number of alkyl carbamates (subject to hydrolysis) is 1. The van der Waals surface area contributed by atoms with Gasteiger partial charge in [0, 0.05) is 11.6 Å². The highest BCUT2D eigenvalue weighted by atomic mass is 19.1. The third kappa shape index (κ3) is 4.31. The van der Waals surface area contributed by atoms with Crippen LogP contribution in [0.25, 0.3) is 5.57 Å². The summed E-state index contributed by atoms with van der Waals surface area (Å²) in [7, 11) is 0. The minimum atomic E-state index is -0.545. The van der Waals surface area contributed by atoms with Gasteiger partial charge in [0.15, 0.2) is 0 Å². The Labute approximate surface area is 130 Å². The predicted octanol–water partition coefficient (Wildman–Crippen LogP) is 3.22. The third-order valence-corrected chi connectivity index (χ3v) is 3.51. The van der Waals surface area contributed by atoms with Crippen molar-refractivity contribution < 1.29 is 13.9 Å². The lowest BCUT2D eigenvalue weighted by molar-refractivity contribution is 0.0496. The van der Waals surface area contributed by atoms with Crippen LogP contribution in [0.2, 0.25) is 0 Å². The lowest BCUT2D eigenvalue weighted by Crippen LogP contribution is -2.50. The van der Waals surface area contributed by atoms with E-state index in [1.807, 2.05) is 26.8 Å². The maximum absolute atomic E-state index is 13.8. The van der Waals surface area contributed by atoms with Crippen LogP contribution >= 0.6 is 0 Å². The average Bonchev–Trinajstić information content (AvgIpc) is 2.39. The van der Waals surface area contributed by atoms with E-state index in [9.17, 15) is 9.18 Å². The first-order chi connectivity index (χ1) is 10.3. The second-order valence-corrected chi connectivity index (χ2v) is 6.57. The average molecular weight is 306 g/mol. The fourth-order valence-corrected chi connectivity index (χ4v) is 2.49. The Bertz CT molecular complexity index is 578. The van der Waals surface area contributed by atoms with Crippen LogP contribution in [0.4, 0.5) is 9.18 Å². The summed E-state index contributed by atoms with van der Waals surface area (Å²) < 4.78 is 19.1. The molecule has 1 amide bonds. The van der Waals surface area contributed by atoms with Crippen molar-refractivity contribution in [1.82, 2.24) is 5.32 Å². The van der Waals surface area contributed by atoms with Gasteiger partial charge in [-0.25, -0.2) is 9.18 Å². The summed E-state index contributed by atoms with van der Waals surface area (Å²) in [6, 6.07) is 6.17. The van der Waals surface area contributed by atoms with Gasteiger partial charge in [-0.3, -0.25) is 0 Å². The zero-order valence-corrected chi connectivity index (χ0v) is 13.2. The molecule has 0 spiro atoms. The number of nitrogens with one attached hydrogen (secondary N) is 1. The van der Waals surface area contributed by atoms with Crippen molar-refractivity contribution >= 4 is 11.7 Å². The lowest BCUT2D eigenvalue weighted by Gasteiger charge is -2.30. The number of rotatable bonds is 2. The summed E-state index contributed by atoms with van der Waals surface area (Å²) in [4.78, 5) is 11.8. The maximum Gasteiger partial charge on any atom is 0.407 e. The maximum atomic E-state index is 13.8. The van der Waals surface area contributed by atoms with Crippen molar-refractivity contribution in [2.24, 2.45) is 5.73 Å². The first-order valence-electron chi connectivity index (χ1n) is 7.45. The Kier molecular flexibility index (Phi) is 4.86. The molecule has 0 aliphatic heterocycles. The lowest BCUT2D eigenvalue weighted by atomic mass is 9.87. The van der Waals surface area contributed by atoms with E-state index in [0.29, 0.717) is 18.4 Å². The highest BCUT2D eigenvalue weighted by Crippen LogP contribution is 2.28. The van der Waals surface area contributed by atoms with Crippen LogP contribution in [-0.4, -0.2) is 23.8 Å². The molecule has 1 aliphatic carbocycles. The Balaban J connectivity index is 2.02. The molecule has 3 N–H and O–H groups in total.